The lowest BCUT2D eigenvalue weighted by atomic mass is 10.2. The first-order valence-corrected chi connectivity index (χ1v) is 9.22. The Morgan fingerprint density at radius 1 is 0.857 bits per heavy atom. The maximum atomic E-state index is 12.1. The molecule has 0 heterocycles. The molecule has 0 aliphatic rings. The van der Waals surface area contributed by atoms with Crippen molar-refractivity contribution in [3.63, 3.8) is 0 Å². The van der Waals surface area contributed by atoms with Crippen LogP contribution < -0.4 is 21.3 Å². The van der Waals surface area contributed by atoms with Gasteiger partial charge >= 0.3 is 0 Å². The Kier molecular flexibility index (Phi) is 7.56. The quantitative estimate of drug-likeness (QED) is 0.563. The molecule has 2 aromatic carbocycles. The van der Waals surface area contributed by atoms with Crippen LogP contribution in [0.5, 0.6) is 0 Å². The summed E-state index contributed by atoms with van der Waals surface area (Å²) < 4.78 is 0. The molecule has 0 aromatic heterocycles. The standard InChI is InChI=1S/C21H26N4O3/c1-4-19(26)25-18-7-5-6-17(12-18)22-13-20(27)24-16-10-8-15(9-11-16)21(28)23-14(2)3/h5-12,14,22H,4,13H2,1-3H3,(H,23,28)(H,24,27)(H,25,26). The van der Waals surface area contributed by atoms with Crippen molar-refractivity contribution < 1.29 is 14.4 Å². The fourth-order valence-corrected chi connectivity index (χ4v) is 2.39. The van der Waals surface area contributed by atoms with Crippen LogP contribution in [0.1, 0.15) is 37.6 Å². The first-order chi connectivity index (χ1) is 13.4. The molecular weight excluding hydrogens is 356 g/mol. The minimum absolute atomic E-state index is 0.0618. The second kappa shape index (κ2) is 10.1. The van der Waals surface area contributed by atoms with E-state index in [4.69, 9.17) is 0 Å². The van der Waals surface area contributed by atoms with E-state index in [1.807, 2.05) is 19.9 Å². The molecule has 28 heavy (non-hydrogen) atoms. The summed E-state index contributed by atoms with van der Waals surface area (Å²) in [6.07, 6.45) is 0.401. The van der Waals surface area contributed by atoms with Crippen molar-refractivity contribution in [2.24, 2.45) is 0 Å². The van der Waals surface area contributed by atoms with Gasteiger partial charge in [0.1, 0.15) is 0 Å². The van der Waals surface area contributed by atoms with E-state index < -0.39 is 0 Å². The average Bonchev–Trinajstić information content (AvgIpc) is 2.66. The number of benzene rings is 2. The van der Waals surface area contributed by atoms with Crippen LogP contribution >= 0.6 is 0 Å². The topological polar surface area (TPSA) is 99.3 Å². The summed E-state index contributed by atoms with van der Waals surface area (Å²) in [7, 11) is 0. The number of amides is 3. The fourth-order valence-electron chi connectivity index (χ4n) is 2.39. The highest BCUT2D eigenvalue weighted by Crippen LogP contribution is 2.15. The number of carbonyl (C=O) groups excluding carboxylic acids is 3. The van der Waals surface area contributed by atoms with Crippen LogP contribution in [0.4, 0.5) is 17.1 Å². The first kappa shape index (κ1) is 21.0. The second-order valence-electron chi connectivity index (χ2n) is 6.59. The summed E-state index contributed by atoms with van der Waals surface area (Å²) in [5.41, 5.74) is 2.55. The van der Waals surface area contributed by atoms with Gasteiger partial charge in [-0.25, -0.2) is 0 Å². The van der Waals surface area contributed by atoms with Crippen LogP contribution in [0, 0.1) is 0 Å². The van der Waals surface area contributed by atoms with Crippen LogP contribution in [-0.2, 0) is 9.59 Å². The van der Waals surface area contributed by atoms with Gasteiger partial charge in [-0.1, -0.05) is 13.0 Å². The maximum absolute atomic E-state index is 12.1. The molecule has 0 atom stereocenters. The molecule has 0 fully saturated rings. The molecule has 148 valence electrons. The summed E-state index contributed by atoms with van der Waals surface area (Å²) in [6.45, 7) is 5.64. The third-order valence-electron chi connectivity index (χ3n) is 3.77. The first-order valence-electron chi connectivity index (χ1n) is 9.22. The average molecular weight is 382 g/mol. The molecule has 0 aliphatic carbocycles. The minimum Gasteiger partial charge on any atom is -0.376 e. The third kappa shape index (κ3) is 6.75. The molecule has 2 aromatic rings. The van der Waals surface area contributed by atoms with Crippen molar-refractivity contribution in [1.29, 1.82) is 0 Å². The Morgan fingerprint density at radius 3 is 2.14 bits per heavy atom. The summed E-state index contributed by atoms with van der Waals surface area (Å²) >= 11 is 0. The van der Waals surface area contributed by atoms with Crippen molar-refractivity contribution in [1.82, 2.24) is 5.32 Å². The molecule has 0 saturated heterocycles. The smallest absolute Gasteiger partial charge is 0.251 e. The van der Waals surface area contributed by atoms with Crippen LogP contribution in [0.3, 0.4) is 0 Å². The third-order valence-corrected chi connectivity index (χ3v) is 3.77. The van der Waals surface area contributed by atoms with Crippen LogP contribution in [0.15, 0.2) is 48.5 Å². The van der Waals surface area contributed by atoms with E-state index in [0.29, 0.717) is 23.4 Å². The second-order valence-corrected chi connectivity index (χ2v) is 6.59. The van der Waals surface area contributed by atoms with E-state index in [0.717, 1.165) is 5.69 Å². The molecule has 0 radical (unpaired) electrons. The zero-order valence-electron chi connectivity index (χ0n) is 16.3. The van der Waals surface area contributed by atoms with Crippen LogP contribution in [0.25, 0.3) is 0 Å². The van der Waals surface area contributed by atoms with E-state index in [-0.39, 0.29) is 30.3 Å². The number of rotatable bonds is 8. The molecule has 0 unspecified atom stereocenters. The molecule has 2 rings (SSSR count). The van der Waals surface area contributed by atoms with Crippen LogP contribution in [0.2, 0.25) is 0 Å². The summed E-state index contributed by atoms with van der Waals surface area (Å²) in [5.74, 6) is -0.438. The SMILES string of the molecule is CCC(=O)Nc1cccc(NCC(=O)Nc2ccc(C(=O)NC(C)C)cc2)c1. The number of hydrogen-bond donors (Lipinski definition) is 4. The van der Waals surface area contributed by atoms with Gasteiger partial charge in [0.15, 0.2) is 0 Å². The Morgan fingerprint density at radius 2 is 1.50 bits per heavy atom. The van der Waals surface area contributed by atoms with Gasteiger partial charge in [-0.3, -0.25) is 14.4 Å². The molecule has 0 saturated carbocycles. The molecule has 0 aliphatic heterocycles. The number of carbonyl (C=O) groups is 3. The normalized spacial score (nSPS) is 10.3. The minimum atomic E-state index is -0.220. The monoisotopic (exact) mass is 382 g/mol. The van der Waals surface area contributed by atoms with Gasteiger partial charge in [-0.2, -0.15) is 0 Å². The highest BCUT2D eigenvalue weighted by molar-refractivity contribution is 5.97. The van der Waals surface area contributed by atoms with E-state index in [1.54, 1.807) is 49.4 Å². The number of nitrogens with one attached hydrogen (secondary N) is 4. The maximum Gasteiger partial charge on any atom is 0.251 e. The summed E-state index contributed by atoms with van der Waals surface area (Å²) in [6, 6.07) is 13.9. The van der Waals surface area contributed by atoms with Gasteiger partial charge in [-0.05, 0) is 56.3 Å². The van der Waals surface area contributed by atoms with E-state index in [2.05, 4.69) is 21.3 Å². The van der Waals surface area contributed by atoms with Gasteiger partial charge in [0, 0.05) is 35.1 Å². The predicted octanol–water partition coefficient (Wildman–Crippen LogP) is 3.22. The molecule has 7 nitrogen and oxygen atoms in total. The molecule has 0 spiro atoms. The molecule has 4 N–H and O–H groups in total. The van der Waals surface area contributed by atoms with Crippen molar-refractivity contribution in [2.75, 3.05) is 22.5 Å². The highest BCUT2D eigenvalue weighted by Gasteiger charge is 2.08. The van der Waals surface area contributed by atoms with Gasteiger partial charge in [0.05, 0.1) is 6.54 Å². The van der Waals surface area contributed by atoms with Crippen molar-refractivity contribution in [3.8, 4) is 0 Å². The van der Waals surface area contributed by atoms with Gasteiger partial charge in [-0.15, -0.1) is 0 Å². The number of hydrogen-bond acceptors (Lipinski definition) is 4. The fraction of sp³-hybridized carbons (Fsp3) is 0.286. The zero-order chi connectivity index (χ0) is 20.5. The Labute approximate surface area is 164 Å². The Bertz CT molecular complexity index is 832. The molecular formula is C21H26N4O3. The Balaban J connectivity index is 1.86. The van der Waals surface area contributed by atoms with E-state index in [9.17, 15) is 14.4 Å². The zero-order valence-corrected chi connectivity index (χ0v) is 16.3. The van der Waals surface area contributed by atoms with Crippen molar-refractivity contribution >= 4 is 34.8 Å². The van der Waals surface area contributed by atoms with Crippen LogP contribution in [-0.4, -0.2) is 30.3 Å². The summed E-state index contributed by atoms with van der Waals surface area (Å²) in [4.78, 5) is 35.5. The molecule has 3 amide bonds. The molecule has 7 heteroatoms. The van der Waals surface area contributed by atoms with E-state index in [1.165, 1.54) is 0 Å². The lowest BCUT2D eigenvalue weighted by Crippen LogP contribution is -2.30. The van der Waals surface area contributed by atoms with Gasteiger partial charge < -0.3 is 21.3 Å². The lowest BCUT2D eigenvalue weighted by molar-refractivity contribution is -0.116. The Hall–Kier alpha value is -3.35. The molecule has 0 bridgehead atoms. The van der Waals surface area contributed by atoms with Gasteiger partial charge in [0.25, 0.3) is 5.91 Å². The largest absolute Gasteiger partial charge is 0.376 e. The van der Waals surface area contributed by atoms with Crippen molar-refractivity contribution in [2.45, 2.75) is 33.2 Å². The lowest BCUT2D eigenvalue weighted by Gasteiger charge is -2.11. The number of anilines is 3. The van der Waals surface area contributed by atoms with E-state index >= 15 is 0 Å². The summed E-state index contributed by atoms with van der Waals surface area (Å²) in [5, 5.41) is 11.4. The highest BCUT2D eigenvalue weighted by atomic mass is 16.2. The predicted molar refractivity (Wildman–Crippen MR) is 112 cm³/mol. The van der Waals surface area contributed by atoms with Gasteiger partial charge in [0.2, 0.25) is 11.8 Å². The van der Waals surface area contributed by atoms with Crippen molar-refractivity contribution in [3.05, 3.63) is 54.1 Å².